The average molecular weight is 264 g/mol. The molecule has 0 amide bonds. The summed E-state index contributed by atoms with van der Waals surface area (Å²) in [7, 11) is 1.72. The van der Waals surface area contributed by atoms with E-state index in [1.165, 1.54) is 0 Å². The molecule has 1 aromatic carbocycles. The summed E-state index contributed by atoms with van der Waals surface area (Å²) in [5, 5.41) is 10.9. The molecule has 2 unspecified atom stereocenters. The van der Waals surface area contributed by atoms with Crippen LogP contribution in [0.5, 0.6) is 5.75 Å². The van der Waals surface area contributed by atoms with Gasteiger partial charge in [0.1, 0.15) is 5.75 Å². The van der Waals surface area contributed by atoms with Crippen molar-refractivity contribution in [2.45, 2.75) is 57.3 Å². The van der Waals surface area contributed by atoms with Crippen molar-refractivity contribution in [1.82, 2.24) is 0 Å². The lowest BCUT2D eigenvalue weighted by atomic mass is 9.78. The van der Waals surface area contributed by atoms with Gasteiger partial charge in [0.15, 0.2) is 0 Å². The fourth-order valence-electron chi connectivity index (χ4n) is 2.80. The number of rotatable bonds is 4. The summed E-state index contributed by atoms with van der Waals surface area (Å²) in [6.07, 6.45) is 3.76. The van der Waals surface area contributed by atoms with Gasteiger partial charge in [0.25, 0.3) is 0 Å². The highest BCUT2D eigenvalue weighted by molar-refractivity contribution is 5.33. The molecule has 1 fully saturated rings. The minimum Gasteiger partial charge on any atom is -0.491 e. The minimum absolute atomic E-state index is 0.142. The van der Waals surface area contributed by atoms with Crippen molar-refractivity contribution in [3.05, 3.63) is 29.8 Å². The largest absolute Gasteiger partial charge is 0.491 e. The molecule has 1 N–H and O–H groups in total. The van der Waals surface area contributed by atoms with Crippen LogP contribution >= 0.6 is 0 Å². The maximum atomic E-state index is 10.9. The molecule has 0 radical (unpaired) electrons. The highest BCUT2D eigenvalue weighted by Gasteiger charge is 2.36. The lowest BCUT2D eigenvalue weighted by molar-refractivity contribution is -0.0633. The van der Waals surface area contributed by atoms with E-state index in [0.29, 0.717) is 6.42 Å². The highest BCUT2D eigenvalue weighted by atomic mass is 16.5. The first-order chi connectivity index (χ1) is 9.03. The third kappa shape index (κ3) is 3.48. The average Bonchev–Trinajstić information content (AvgIpc) is 2.38. The zero-order chi connectivity index (χ0) is 13.9. The third-order valence-corrected chi connectivity index (χ3v) is 3.76. The van der Waals surface area contributed by atoms with Gasteiger partial charge >= 0.3 is 0 Å². The van der Waals surface area contributed by atoms with Gasteiger partial charge in [-0.05, 0) is 50.8 Å². The van der Waals surface area contributed by atoms with Crippen molar-refractivity contribution in [2.75, 3.05) is 7.11 Å². The Balaban J connectivity index is 2.19. The second-order valence-electron chi connectivity index (χ2n) is 5.68. The Bertz CT molecular complexity index is 416. The summed E-state index contributed by atoms with van der Waals surface area (Å²) < 4.78 is 11.1. The maximum absolute atomic E-state index is 10.9. The van der Waals surface area contributed by atoms with Crippen LogP contribution in [0.25, 0.3) is 0 Å². The van der Waals surface area contributed by atoms with Crippen LogP contribution in [0.2, 0.25) is 0 Å². The van der Waals surface area contributed by atoms with E-state index in [-0.39, 0.29) is 12.2 Å². The van der Waals surface area contributed by atoms with Crippen LogP contribution in [0.4, 0.5) is 0 Å². The fourth-order valence-corrected chi connectivity index (χ4v) is 2.80. The van der Waals surface area contributed by atoms with Crippen LogP contribution in [-0.2, 0) is 10.3 Å². The summed E-state index contributed by atoms with van der Waals surface area (Å²) >= 11 is 0. The van der Waals surface area contributed by atoms with Crippen LogP contribution in [0.3, 0.4) is 0 Å². The smallest absolute Gasteiger partial charge is 0.120 e. The molecule has 2 rings (SSSR count). The Labute approximate surface area is 115 Å². The molecule has 3 heteroatoms. The summed E-state index contributed by atoms with van der Waals surface area (Å²) in [5.41, 5.74) is 0.155. The van der Waals surface area contributed by atoms with Crippen molar-refractivity contribution in [3.8, 4) is 5.75 Å². The van der Waals surface area contributed by atoms with E-state index < -0.39 is 5.60 Å². The van der Waals surface area contributed by atoms with Crippen molar-refractivity contribution in [3.63, 3.8) is 0 Å². The summed E-state index contributed by atoms with van der Waals surface area (Å²) in [4.78, 5) is 0. The van der Waals surface area contributed by atoms with Gasteiger partial charge in [0, 0.05) is 13.5 Å². The molecule has 0 bridgehead atoms. The van der Waals surface area contributed by atoms with Crippen molar-refractivity contribution in [2.24, 2.45) is 0 Å². The molecule has 0 saturated heterocycles. The van der Waals surface area contributed by atoms with E-state index in [1.807, 2.05) is 38.1 Å². The first-order valence-electron chi connectivity index (χ1n) is 7.06. The van der Waals surface area contributed by atoms with E-state index in [1.54, 1.807) is 7.11 Å². The van der Waals surface area contributed by atoms with Gasteiger partial charge < -0.3 is 14.6 Å². The van der Waals surface area contributed by atoms with Crippen LogP contribution in [0, 0.1) is 0 Å². The van der Waals surface area contributed by atoms with Crippen LogP contribution in [-0.4, -0.2) is 24.4 Å². The Hall–Kier alpha value is -1.06. The molecule has 19 heavy (non-hydrogen) atoms. The molecular formula is C16H24O3. The first-order valence-corrected chi connectivity index (χ1v) is 7.06. The quantitative estimate of drug-likeness (QED) is 0.907. The lowest BCUT2D eigenvalue weighted by Gasteiger charge is -2.36. The number of methoxy groups -OCH3 is 1. The van der Waals surface area contributed by atoms with Crippen LogP contribution < -0.4 is 4.74 Å². The monoisotopic (exact) mass is 264 g/mol. The molecule has 0 aromatic heterocycles. The summed E-state index contributed by atoms with van der Waals surface area (Å²) in [6.45, 7) is 4.01. The third-order valence-electron chi connectivity index (χ3n) is 3.76. The van der Waals surface area contributed by atoms with Gasteiger partial charge in [-0.1, -0.05) is 12.1 Å². The standard InChI is InChI=1S/C16H24O3/c1-12(2)19-14-7-4-6-13(10-14)16(17)9-5-8-15(11-16)18-3/h4,6-7,10,12,15,17H,5,8-9,11H2,1-3H3. The Morgan fingerprint density at radius 3 is 2.84 bits per heavy atom. The Morgan fingerprint density at radius 2 is 2.16 bits per heavy atom. The van der Waals surface area contributed by atoms with Crippen molar-refractivity contribution >= 4 is 0 Å². The molecule has 2 atom stereocenters. The predicted molar refractivity (Wildman–Crippen MR) is 75.4 cm³/mol. The van der Waals surface area contributed by atoms with Gasteiger partial charge in [-0.15, -0.1) is 0 Å². The summed E-state index contributed by atoms with van der Waals surface area (Å²) in [6, 6.07) is 7.81. The van der Waals surface area contributed by atoms with Crippen molar-refractivity contribution in [1.29, 1.82) is 0 Å². The second kappa shape index (κ2) is 5.93. The van der Waals surface area contributed by atoms with Gasteiger partial charge in [0.05, 0.1) is 17.8 Å². The number of aliphatic hydroxyl groups is 1. The lowest BCUT2D eigenvalue weighted by Crippen LogP contribution is -2.35. The first kappa shape index (κ1) is 14.4. The van der Waals surface area contributed by atoms with E-state index in [9.17, 15) is 5.11 Å². The van der Waals surface area contributed by atoms with E-state index in [4.69, 9.17) is 9.47 Å². The Kier molecular flexibility index (Phi) is 4.48. The Morgan fingerprint density at radius 1 is 1.37 bits per heavy atom. The number of hydrogen-bond acceptors (Lipinski definition) is 3. The zero-order valence-corrected chi connectivity index (χ0v) is 12.1. The molecule has 0 spiro atoms. The molecule has 1 aromatic rings. The molecule has 0 aliphatic heterocycles. The van der Waals surface area contributed by atoms with Crippen molar-refractivity contribution < 1.29 is 14.6 Å². The van der Waals surface area contributed by atoms with Gasteiger partial charge in [-0.3, -0.25) is 0 Å². The fraction of sp³-hybridized carbons (Fsp3) is 0.625. The van der Waals surface area contributed by atoms with E-state index >= 15 is 0 Å². The molecule has 0 heterocycles. The number of hydrogen-bond donors (Lipinski definition) is 1. The number of ether oxygens (including phenoxy) is 2. The normalized spacial score (nSPS) is 27.5. The molecule has 1 aliphatic rings. The molecule has 3 nitrogen and oxygen atoms in total. The topological polar surface area (TPSA) is 38.7 Å². The molecular weight excluding hydrogens is 240 g/mol. The molecule has 1 saturated carbocycles. The number of benzene rings is 1. The van der Waals surface area contributed by atoms with E-state index in [0.717, 1.165) is 30.6 Å². The minimum atomic E-state index is -0.782. The van der Waals surface area contributed by atoms with E-state index in [2.05, 4.69) is 0 Å². The maximum Gasteiger partial charge on any atom is 0.120 e. The van der Waals surface area contributed by atoms with Gasteiger partial charge in [0.2, 0.25) is 0 Å². The highest BCUT2D eigenvalue weighted by Crippen LogP contribution is 2.39. The predicted octanol–water partition coefficient (Wildman–Crippen LogP) is 3.25. The second-order valence-corrected chi connectivity index (χ2v) is 5.68. The van der Waals surface area contributed by atoms with Crippen LogP contribution in [0.15, 0.2) is 24.3 Å². The molecule has 1 aliphatic carbocycles. The summed E-state index contributed by atoms with van der Waals surface area (Å²) in [5.74, 6) is 0.820. The van der Waals surface area contributed by atoms with Gasteiger partial charge in [-0.25, -0.2) is 0 Å². The SMILES string of the molecule is COC1CCCC(O)(c2cccc(OC(C)C)c2)C1. The van der Waals surface area contributed by atoms with Gasteiger partial charge in [-0.2, -0.15) is 0 Å². The zero-order valence-electron chi connectivity index (χ0n) is 12.1. The molecule has 106 valence electrons. The van der Waals surface area contributed by atoms with Crippen LogP contribution in [0.1, 0.15) is 45.1 Å².